The van der Waals surface area contributed by atoms with Crippen molar-refractivity contribution in [3.63, 3.8) is 0 Å². The fraction of sp³-hybridized carbons (Fsp3) is 0.636. The Balaban J connectivity index is 2.73. The average Bonchev–Trinajstić information content (AvgIpc) is 1.94. The van der Waals surface area contributed by atoms with Crippen LogP contribution in [0.5, 0.6) is 0 Å². The SMILES string of the molecule is CC1=CC=C(C)C(C(C)C)C1. The van der Waals surface area contributed by atoms with Gasteiger partial charge in [-0.3, -0.25) is 0 Å². The van der Waals surface area contributed by atoms with Crippen molar-refractivity contribution < 1.29 is 0 Å². The molecule has 0 aromatic heterocycles. The Bertz CT molecular complexity index is 194. The molecule has 0 aromatic rings. The summed E-state index contributed by atoms with van der Waals surface area (Å²) in [5, 5.41) is 0. The van der Waals surface area contributed by atoms with Gasteiger partial charge in [0.25, 0.3) is 0 Å². The zero-order chi connectivity index (χ0) is 8.43. The van der Waals surface area contributed by atoms with Gasteiger partial charge in [0.15, 0.2) is 0 Å². The molecule has 0 amide bonds. The van der Waals surface area contributed by atoms with Crippen molar-refractivity contribution in [1.82, 2.24) is 0 Å². The standard InChI is InChI=1S/C11H18/c1-8(2)11-7-9(3)5-6-10(11)4/h5-6,8,11H,7H2,1-4H3. The first kappa shape index (κ1) is 8.58. The van der Waals surface area contributed by atoms with Gasteiger partial charge in [-0.25, -0.2) is 0 Å². The smallest absolute Gasteiger partial charge is 0.0143 e. The Kier molecular flexibility index (Phi) is 2.53. The van der Waals surface area contributed by atoms with Crippen LogP contribution in [0.1, 0.15) is 34.1 Å². The molecule has 0 saturated heterocycles. The molecular weight excluding hydrogens is 132 g/mol. The third kappa shape index (κ3) is 1.95. The van der Waals surface area contributed by atoms with Crippen molar-refractivity contribution in [2.45, 2.75) is 34.1 Å². The van der Waals surface area contributed by atoms with E-state index in [1.54, 1.807) is 5.57 Å². The van der Waals surface area contributed by atoms with Gasteiger partial charge in [0.2, 0.25) is 0 Å². The number of hydrogen-bond donors (Lipinski definition) is 0. The first-order valence-corrected chi connectivity index (χ1v) is 4.45. The van der Waals surface area contributed by atoms with Gasteiger partial charge in [-0.05, 0) is 32.1 Å². The lowest BCUT2D eigenvalue weighted by Crippen LogP contribution is -2.12. The number of rotatable bonds is 1. The largest absolute Gasteiger partial charge is 0.0727 e. The zero-order valence-electron chi connectivity index (χ0n) is 8.02. The summed E-state index contributed by atoms with van der Waals surface area (Å²) in [4.78, 5) is 0. The summed E-state index contributed by atoms with van der Waals surface area (Å²) in [6.45, 7) is 9.08. The second-order valence-corrected chi connectivity index (χ2v) is 3.98. The first-order chi connectivity index (χ1) is 5.11. The number of allylic oxidation sites excluding steroid dienone is 4. The van der Waals surface area contributed by atoms with Crippen LogP contribution in [0.4, 0.5) is 0 Å². The highest BCUT2D eigenvalue weighted by Crippen LogP contribution is 2.30. The van der Waals surface area contributed by atoms with E-state index in [4.69, 9.17) is 0 Å². The van der Waals surface area contributed by atoms with Gasteiger partial charge < -0.3 is 0 Å². The Morgan fingerprint density at radius 1 is 1.27 bits per heavy atom. The molecule has 1 rings (SSSR count). The van der Waals surface area contributed by atoms with Crippen molar-refractivity contribution in [1.29, 1.82) is 0 Å². The summed E-state index contributed by atoms with van der Waals surface area (Å²) < 4.78 is 0. The summed E-state index contributed by atoms with van der Waals surface area (Å²) in [5.74, 6) is 1.58. The summed E-state index contributed by atoms with van der Waals surface area (Å²) >= 11 is 0. The summed E-state index contributed by atoms with van der Waals surface area (Å²) in [6, 6.07) is 0. The molecule has 0 aromatic carbocycles. The van der Waals surface area contributed by atoms with E-state index in [-0.39, 0.29) is 0 Å². The molecule has 62 valence electrons. The quantitative estimate of drug-likeness (QED) is 0.536. The Morgan fingerprint density at radius 3 is 2.36 bits per heavy atom. The van der Waals surface area contributed by atoms with Crippen molar-refractivity contribution in [2.75, 3.05) is 0 Å². The summed E-state index contributed by atoms with van der Waals surface area (Å²) in [5.41, 5.74) is 3.07. The topological polar surface area (TPSA) is 0 Å². The van der Waals surface area contributed by atoms with Crippen LogP contribution in [0.15, 0.2) is 23.3 Å². The predicted octanol–water partition coefficient (Wildman–Crippen LogP) is 3.55. The molecule has 0 heterocycles. The van der Waals surface area contributed by atoms with Gasteiger partial charge in [0.05, 0.1) is 0 Å². The van der Waals surface area contributed by atoms with Crippen LogP contribution in [0.25, 0.3) is 0 Å². The van der Waals surface area contributed by atoms with Crippen LogP contribution in [-0.4, -0.2) is 0 Å². The molecule has 0 fully saturated rings. The third-order valence-electron chi connectivity index (χ3n) is 2.56. The van der Waals surface area contributed by atoms with E-state index in [0.29, 0.717) is 0 Å². The average molecular weight is 150 g/mol. The molecule has 0 radical (unpaired) electrons. The fourth-order valence-corrected chi connectivity index (χ4v) is 1.73. The molecule has 0 N–H and O–H groups in total. The Hall–Kier alpha value is -0.520. The second-order valence-electron chi connectivity index (χ2n) is 3.98. The lowest BCUT2D eigenvalue weighted by atomic mass is 9.81. The van der Waals surface area contributed by atoms with Gasteiger partial charge in [-0.15, -0.1) is 0 Å². The van der Waals surface area contributed by atoms with Crippen molar-refractivity contribution in [2.24, 2.45) is 11.8 Å². The van der Waals surface area contributed by atoms with Crippen LogP contribution in [0.3, 0.4) is 0 Å². The molecule has 0 saturated carbocycles. The minimum absolute atomic E-state index is 0.787. The minimum atomic E-state index is 0.787. The highest BCUT2D eigenvalue weighted by atomic mass is 14.2. The Morgan fingerprint density at radius 2 is 1.91 bits per heavy atom. The lowest BCUT2D eigenvalue weighted by molar-refractivity contribution is 0.435. The molecule has 11 heavy (non-hydrogen) atoms. The van der Waals surface area contributed by atoms with Gasteiger partial charge in [-0.1, -0.05) is 37.1 Å². The normalized spacial score (nSPS) is 25.0. The number of hydrogen-bond acceptors (Lipinski definition) is 0. The van der Waals surface area contributed by atoms with Gasteiger partial charge in [0.1, 0.15) is 0 Å². The van der Waals surface area contributed by atoms with Crippen molar-refractivity contribution in [3.05, 3.63) is 23.3 Å². The van der Waals surface area contributed by atoms with Gasteiger partial charge >= 0.3 is 0 Å². The first-order valence-electron chi connectivity index (χ1n) is 4.45. The van der Waals surface area contributed by atoms with Gasteiger partial charge in [0, 0.05) is 0 Å². The summed E-state index contributed by atoms with van der Waals surface area (Å²) in [6.07, 6.45) is 5.78. The minimum Gasteiger partial charge on any atom is -0.0727 e. The van der Waals surface area contributed by atoms with E-state index in [1.165, 1.54) is 12.0 Å². The highest BCUT2D eigenvalue weighted by Gasteiger charge is 2.17. The molecule has 0 nitrogen and oxygen atoms in total. The molecule has 1 unspecified atom stereocenters. The second kappa shape index (κ2) is 3.25. The van der Waals surface area contributed by atoms with Crippen molar-refractivity contribution >= 4 is 0 Å². The molecule has 0 aliphatic heterocycles. The molecule has 0 bridgehead atoms. The molecule has 1 atom stereocenters. The van der Waals surface area contributed by atoms with E-state index in [1.807, 2.05) is 0 Å². The zero-order valence-corrected chi connectivity index (χ0v) is 8.02. The monoisotopic (exact) mass is 150 g/mol. The Labute approximate surface area is 70.0 Å². The van der Waals surface area contributed by atoms with Gasteiger partial charge in [-0.2, -0.15) is 0 Å². The fourth-order valence-electron chi connectivity index (χ4n) is 1.73. The molecule has 0 spiro atoms. The van der Waals surface area contributed by atoms with E-state index >= 15 is 0 Å². The van der Waals surface area contributed by atoms with Crippen LogP contribution >= 0.6 is 0 Å². The molecule has 1 aliphatic carbocycles. The molecule has 0 heteroatoms. The van der Waals surface area contributed by atoms with E-state index in [0.717, 1.165) is 11.8 Å². The maximum atomic E-state index is 2.31. The third-order valence-corrected chi connectivity index (χ3v) is 2.56. The maximum Gasteiger partial charge on any atom is -0.0143 e. The molecule has 1 aliphatic rings. The van der Waals surface area contributed by atoms with E-state index in [9.17, 15) is 0 Å². The van der Waals surface area contributed by atoms with E-state index < -0.39 is 0 Å². The highest BCUT2D eigenvalue weighted by molar-refractivity contribution is 5.24. The maximum absolute atomic E-state index is 2.31. The van der Waals surface area contributed by atoms with Crippen molar-refractivity contribution in [3.8, 4) is 0 Å². The van der Waals surface area contributed by atoms with Crippen LogP contribution < -0.4 is 0 Å². The van der Waals surface area contributed by atoms with Crippen LogP contribution in [0, 0.1) is 11.8 Å². The van der Waals surface area contributed by atoms with Crippen LogP contribution in [0.2, 0.25) is 0 Å². The lowest BCUT2D eigenvalue weighted by Gasteiger charge is -2.24. The van der Waals surface area contributed by atoms with Crippen LogP contribution in [-0.2, 0) is 0 Å². The van der Waals surface area contributed by atoms with E-state index in [2.05, 4.69) is 39.8 Å². The molecular formula is C11H18. The predicted molar refractivity (Wildman–Crippen MR) is 50.5 cm³/mol. The summed E-state index contributed by atoms with van der Waals surface area (Å²) in [7, 11) is 0.